The second-order valence-electron chi connectivity index (χ2n) is 7.83. The highest BCUT2D eigenvalue weighted by Crippen LogP contribution is 2.43. The standard InChI is InChI=1S/C23H24N2O4S/c1-11-19(13(3)26)21(20(12(2)24-11)23(28)29-4)17-10-30-18-8-5-14(9-16(17)18)22(27)25-15-6-7-15/h5,8-10,15,21,24H,6-7H2,1-4H3,(H,25,27). The monoisotopic (exact) mass is 424 g/mol. The molecule has 1 aromatic heterocycles. The van der Waals surface area contributed by atoms with Crippen molar-refractivity contribution < 1.29 is 19.1 Å². The van der Waals surface area contributed by atoms with E-state index in [4.69, 9.17) is 4.74 Å². The molecule has 4 rings (SSSR count). The maximum atomic E-state index is 12.7. The number of rotatable bonds is 5. The van der Waals surface area contributed by atoms with Crippen molar-refractivity contribution >= 4 is 39.1 Å². The summed E-state index contributed by atoms with van der Waals surface area (Å²) in [5, 5.41) is 9.00. The van der Waals surface area contributed by atoms with Crippen LogP contribution >= 0.6 is 11.3 Å². The smallest absolute Gasteiger partial charge is 0.336 e. The quantitative estimate of drug-likeness (QED) is 0.714. The van der Waals surface area contributed by atoms with Crippen molar-refractivity contribution in [1.29, 1.82) is 0 Å². The average molecular weight is 425 g/mol. The number of ketones is 1. The summed E-state index contributed by atoms with van der Waals surface area (Å²) < 4.78 is 6.04. The van der Waals surface area contributed by atoms with Gasteiger partial charge in [-0.25, -0.2) is 4.79 Å². The molecule has 1 fully saturated rings. The molecule has 0 bridgehead atoms. The normalized spacial score (nSPS) is 19.0. The van der Waals surface area contributed by atoms with Gasteiger partial charge in [0.25, 0.3) is 5.91 Å². The lowest BCUT2D eigenvalue weighted by Crippen LogP contribution is -2.30. The lowest BCUT2D eigenvalue weighted by Gasteiger charge is -2.30. The van der Waals surface area contributed by atoms with E-state index in [0.717, 1.165) is 34.2 Å². The number of carbonyl (C=O) groups excluding carboxylic acids is 3. The highest BCUT2D eigenvalue weighted by molar-refractivity contribution is 7.17. The van der Waals surface area contributed by atoms with Gasteiger partial charge in [0, 0.05) is 39.2 Å². The zero-order valence-corrected chi connectivity index (χ0v) is 18.2. The molecular weight excluding hydrogens is 400 g/mol. The second kappa shape index (κ2) is 7.72. The van der Waals surface area contributed by atoms with Crippen LogP contribution in [0.2, 0.25) is 0 Å². The van der Waals surface area contributed by atoms with Gasteiger partial charge in [-0.15, -0.1) is 11.3 Å². The molecule has 30 heavy (non-hydrogen) atoms. The Kier molecular flexibility index (Phi) is 5.24. The number of methoxy groups -OCH3 is 1. The lowest BCUT2D eigenvalue weighted by atomic mass is 9.79. The molecule has 1 aliphatic carbocycles. The summed E-state index contributed by atoms with van der Waals surface area (Å²) in [4.78, 5) is 37.8. The lowest BCUT2D eigenvalue weighted by molar-refractivity contribution is -0.136. The van der Waals surface area contributed by atoms with E-state index >= 15 is 0 Å². The molecule has 0 spiro atoms. The molecule has 6 nitrogen and oxygen atoms in total. The topological polar surface area (TPSA) is 84.5 Å². The number of Topliss-reactive ketones (excluding diaryl/α,β-unsaturated/α-hetero) is 1. The number of esters is 1. The van der Waals surface area contributed by atoms with Crippen LogP contribution in [0.3, 0.4) is 0 Å². The molecule has 1 saturated carbocycles. The number of hydrogen-bond acceptors (Lipinski definition) is 6. The third-order valence-electron chi connectivity index (χ3n) is 5.63. The number of ether oxygens (including phenoxy) is 1. The zero-order chi connectivity index (χ0) is 21.6. The van der Waals surface area contributed by atoms with Crippen LogP contribution in [0.4, 0.5) is 0 Å². The summed E-state index contributed by atoms with van der Waals surface area (Å²) in [7, 11) is 1.34. The maximum Gasteiger partial charge on any atom is 0.336 e. The first-order valence-corrected chi connectivity index (χ1v) is 10.8. The number of amides is 1. The minimum Gasteiger partial charge on any atom is -0.466 e. The van der Waals surface area contributed by atoms with Crippen LogP contribution in [-0.4, -0.2) is 30.8 Å². The number of hydrogen-bond donors (Lipinski definition) is 2. The minimum atomic E-state index is -0.549. The molecule has 0 radical (unpaired) electrons. The minimum absolute atomic E-state index is 0.0970. The third kappa shape index (κ3) is 3.54. The van der Waals surface area contributed by atoms with E-state index in [-0.39, 0.29) is 17.7 Å². The van der Waals surface area contributed by atoms with E-state index in [9.17, 15) is 14.4 Å². The van der Waals surface area contributed by atoms with Crippen molar-refractivity contribution in [3.05, 3.63) is 57.2 Å². The van der Waals surface area contributed by atoms with E-state index in [1.165, 1.54) is 25.4 Å². The van der Waals surface area contributed by atoms with Gasteiger partial charge in [-0.3, -0.25) is 9.59 Å². The van der Waals surface area contributed by atoms with Crippen molar-refractivity contribution in [1.82, 2.24) is 10.6 Å². The Labute approximate surface area is 179 Å². The molecular formula is C23H24N2O4S. The van der Waals surface area contributed by atoms with Crippen molar-refractivity contribution in [3.8, 4) is 0 Å². The molecule has 1 amide bonds. The summed E-state index contributed by atoms with van der Waals surface area (Å²) in [5.74, 6) is -1.23. The van der Waals surface area contributed by atoms with Gasteiger partial charge in [-0.1, -0.05) is 0 Å². The van der Waals surface area contributed by atoms with Crippen molar-refractivity contribution in [2.75, 3.05) is 7.11 Å². The van der Waals surface area contributed by atoms with Gasteiger partial charge >= 0.3 is 5.97 Å². The second-order valence-corrected chi connectivity index (χ2v) is 8.74. The Morgan fingerprint density at radius 3 is 2.47 bits per heavy atom. The molecule has 2 aliphatic rings. The number of fused-ring (bicyclic) bond motifs is 1. The number of allylic oxidation sites excluding steroid dienone is 3. The predicted molar refractivity (Wildman–Crippen MR) is 116 cm³/mol. The van der Waals surface area contributed by atoms with Gasteiger partial charge in [0.2, 0.25) is 0 Å². The first-order chi connectivity index (χ1) is 14.3. The van der Waals surface area contributed by atoms with E-state index in [0.29, 0.717) is 22.4 Å². The Morgan fingerprint density at radius 2 is 1.83 bits per heavy atom. The first-order valence-electron chi connectivity index (χ1n) is 9.91. The number of nitrogens with one attached hydrogen (secondary N) is 2. The van der Waals surface area contributed by atoms with Crippen LogP contribution in [-0.2, 0) is 14.3 Å². The van der Waals surface area contributed by atoms with Crippen molar-refractivity contribution in [3.63, 3.8) is 0 Å². The molecule has 1 aliphatic heterocycles. The van der Waals surface area contributed by atoms with Gasteiger partial charge in [0.15, 0.2) is 5.78 Å². The third-order valence-corrected chi connectivity index (χ3v) is 6.62. The Bertz CT molecular complexity index is 1140. The zero-order valence-electron chi connectivity index (χ0n) is 17.4. The van der Waals surface area contributed by atoms with E-state index in [2.05, 4.69) is 10.6 Å². The number of benzene rings is 1. The van der Waals surface area contributed by atoms with Crippen LogP contribution < -0.4 is 10.6 Å². The average Bonchev–Trinajstić information content (AvgIpc) is 3.41. The summed E-state index contributed by atoms with van der Waals surface area (Å²) in [6, 6.07) is 5.87. The van der Waals surface area contributed by atoms with Crippen LogP contribution in [0, 0.1) is 0 Å². The Balaban J connectivity index is 1.88. The molecule has 0 saturated heterocycles. The van der Waals surface area contributed by atoms with Gasteiger partial charge in [-0.05, 0) is 68.1 Å². The molecule has 1 aromatic carbocycles. The van der Waals surface area contributed by atoms with Crippen LogP contribution in [0.5, 0.6) is 0 Å². The largest absolute Gasteiger partial charge is 0.466 e. The van der Waals surface area contributed by atoms with Crippen LogP contribution in [0.25, 0.3) is 10.1 Å². The van der Waals surface area contributed by atoms with E-state index in [1.54, 1.807) is 0 Å². The van der Waals surface area contributed by atoms with E-state index in [1.807, 2.05) is 37.4 Å². The van der Waals surface area contributed by atoms with Gasteiger partial charge < -0.3 is 15.4 Å². The van der Waals surface area contributed by atoms with Crippen molar-refractivity contribution in [2.24, 2.45) is 0 Å². The first kappa shape index (κ1) is 20.3. The highest BCUT2D eigenvalue weighted by atomic mass is 32.1. The Hall–Kier alpha value is -2.93. The fourth-order valence-electron chi connectivity index (χ4n) is 4.06. The van der Waals surface area contributed by atoms with Crippen molar-refractivity contribution in [2.45, 2.75) is 45.6 Å². The molecule has 1 atom stereocenters. The van der Waals surface area contributed by atoms with Gasteiger partial charge in [0.05, 0.1) is 12.7 Å². The summed E-state index contributed by atoms with van der Waals surface area (Å²) in [5.41, 5.74) is 3.75. The predicted octanol–water partition coefficient (Wildman–Crippen LogP) is 3.79. The summed E-state index contributed by atoms with van der Waals surface area (Å²) in [6.45, 7) is 5.15. The number of carbonyl (C=O) groups is 3. The molecule has 7 heteroatoms. The SMILES string of the molecule is COC(=O)C1=C(C)NC(C)=C(C(C)=O)C1c1csc2ccc(C(=O)NC3CC3)cc12. The van der Waals surface area contributed by atoms with Crippen LogP contribution in [0.15, 0.2) is 46.1 Å². The fourth-order valence-corrected chi connectivity index (χ4v) is 5.03. The molecule has 2 heterocycles. The van der Waals surface area contributed by atoms with Gasteiger partial charge in [-0.2, -0.15) is 0 Å². The Morgan fingerprint density at radius 1 is 1.13 bits per heavy atom. The highest BCUT2D eigenvalue weighted by Gasteiger charge is 2.37. The fraction of sp³-hybridized carbons (Fsp3) is 0.348. The summed E-state index contributed by atoms with van der Waals surface area (Å²) in [6.07, 6.45) is 2.04. The molecule has 2 aromatic rings. The maximum absolute atomic E-state index is 12.7. The molecule has 156 valence electrons. The molecule has 1 unspecified atom stereocenters. The van der Waals surface area contributed by atoms with E-state index < -0.39 is 11.9 Å². The van der Waals surface area contributed by atoms with Crippen LogP contribution in [0.1, 0.15) is 55.5 Å². The molecule has 2 N–H and O–H groups in total. The van der Waals surface area contributed by atoms with Gasteiger partial charge in [0.1, 0.15) is 0 Å². The summed E-state index contributed by atoms with van der Waals surface area (Å²) >= 11 is 1.53. The number of dihydropyridines is 1. The number of thiophene rings is 1.